The standard InChI is InChI=1S/C13H19NO4S/c1-9-8-10(18-2)12(19-9)13(17)14-7-5-3-4-6-11(15)16/h8H,3-7H2,1-2H3,(H,14,17)(H,15,16). The minimum atomic E-state index is -0.775. The summed E-state index contributed by atoms with van der Waals surface area (Å²) in [6.07, 6.45) is 2.41. The second-order valence-corrected chi connectivity index (χ2v) is 5.47. The number of thiophene rings is 1. The van der Waals surface area contributed by atoms with Gasteiger partial charge in [-0.3, -0.25) is 9.59 Å². The van der Waals surface area contributed by atoms with E-state index in [9.17, 15) is 9.59 Å². The molecule has 106 valence electrons. The van der Waals surface area contributed by atoms with Crippen molar-refractivity contribution in [2.24, 2.45) is 0 Å². The third-order valence-corrected chi connectivity index (χ3v) is 3.63. The number of ether oxygens (including phenoxy) is 1. The molecule has 0 spiro atoms. The maximum atomic E-state index is 11.9. The SMILES string of the molecule is COc1cc(C)sc1C(=O)NCCCCCC(=O)O. The van der Waals surface area contributed by atoms with Crippen LogP contribution < -0.4 is 10.1 Å². The number of amides is 1. The van der Waals surface area contributed by atoms with Crippen molar-refractivity contribution in [2.45, 2.75) is 32.6 Å². The summed E-state index contributed by atoms with van der Waals surface area (Å²) < 4.78 is 5.14. The maximum absolute atomic E-state index is 11.9. The van der Waals surface area contributed by atoms with Crippen molar-refractivity contribution in [2.75, 3.05) is 13.7 Å². The van der Waals surface area contributed by atoms with E-state index in [4.69, 9.17) is 9.84 Å². The highest BCUT2D eigenvalue weighted by molar-refractivity contribution is 7.14. The Morgan fingerprint density at radius 3 is 2.74 bits per heavy atom. The van der Waals surface area contributed by atoms with Gasteiger partial charge in [-0.15, -0.1) is 11.3 Å². The van der Waals surface area contributed by atoms with Crippen molar-refractivity contribution < 1.29 is 19.4 Å². The maximum Gasteiger partial charge on any atom is 0.303 e. The first kappa shape index (κ1) is 15.5. The van der Waals surface area contributed by atoms with E-state index < -0.39 is 5.97 Å². The van der Waals surface area contributed by atoms with Gasteiger partial charge in [0.15, 0.2) is 0 Å². The van der Waals surface area contributed by atoms with E-state index in [-0.39, 0.29) is 12.3 Å². The third kappa shape index (κ3) is 5.30. The van der Waals surface area contributed by atoms with Crippen LogP contribution in [0.1, 0.15) is 40.2 Å². The number of carbonyl (C=O) groups excluding carboxylic acids is 1. The zero-order valence-electron chi connectivity index (χ0n) is 11.2. The first-order valence-corrected chi connectivity index (χ1v) is 7.00. The zero-order chi connectivity index (χ0) is 14.3. The molecule has 6 heteroatoms. The fourth-order valence-electron chi connectivity index (χ4n) is 1.66. The number of aliphatic carboxylic acids is 1. The van der Waals surface area contributed by atoms with Gasteiger partial charge >= 0.3 is 5.97 Å². The largest absolute Gasteiger partial charge is 0.495 e. The highest BCUT2D eigenvalue weighted by atomic mass is 32.1. The normalized spacial score (nSPS) is 10.2. The van der Waals surface area contributed by atoms with Crippen molar-refractivity contribution in [1.29, 1.82) is 0 Å². The van der Waals surface area contributed by atoms with Crippen molar-refractivity contribution in [3.63, 3.8) is 0 Å². The average molecular weight is 285 g/mol. The summed E-state index contributed by atoms with van der Waals surface area (Å²) >= 11 is 1.40. The van der Waals surface area contributed by atoms with Gasteiger partial charge in [0.1, 0.15) is 10.6 Å². The molecule has 0 aliphatic heterocycles. The predicted molar refractivity (Wildman–Crippen MR) is 74.0 cm³/mol. The van der Waals surface area contributed by atoms with Crippen molar-refractivity contribution >= 4 is 23.2 Å². The lowest BCUT2D eigenvalue weighted by atomic mass is 10.2. The monoisotopic (exact) mass is 285 g/mol. The number of aryl methyl sites for hydroxylation is 1. The molecule has 0 radical (unpaired) electrons. The molecule has 5 nitrogen and oxygen atoms in total. The van der Waals surface area contributed by atoms with Crippen LogP contribution in [0.15, 0.2) is 6.07 Å². The molecule has 1 rings (SSSR count). The van der Waals surface area contributed by atoms with Gasteiger partial charge in [0, 0.05) is 17.8 Å². The van der Waals surface area contributed by atoms with Gasteiger partial charge in [-0.25, -0.2) is 0 Å². The molecule has 0 fully saturated rings. The number of nitrogens with one attached hydrogen (secondary N) is 1. The van der Waals surface area contributed by atoms with Crippen molar-refractivity contribution in [3.05, 3.63) is 15.8 Å². The third-order valence-electron chi connectivity index (χ3n) is 2.60. The van der Waals surface area contributed by atoms with E-state index in [1.54, 1.807) is 7.11 Å². The summed E-state index contributed by atoms with van der Waals surface area (Å²) in [6, 6.07) is 1.84. The Bertz CT molecular complexity index is 442. The predicted octanol–water partition coefficient (Wildman–Crippen LogP) is 2.44. The van der Waals surface area contributed by atoms with Gasteiger partial charge in [0.2, 0.25) is 0 Å². The quantitative estimate of drug-likeness (QED) is 0.719. The lowest BCUT2D eigenvalue weighted by molar-refractivity contribution is -0.137. The van der Waals surface area contributed by atoms with E-state index in [2.05, 4.69) is 5.32 Å². The van der Waals surface area contributed by atoms with Gasteiger partial charge in [-0.05, 0) is 25.8 Å². The number of unbranched alkanes of at least 4 members (excludes halogenated alkanes) is 2. The first-order chi connectivity index (χ1) is 9.04. The Morgan fingerprint density at radius 2 is 2.11 bits per heavy atom. The highest BCUT2D eigenvalue weighted by Gasteiger charge is 2.14. The molecular formula is C13H19NO4S. The van der Waals surface area contributed by atoms with E-state index in [0.29, 0.717) is 23.6 Å². The van der Waals surface area contributed by atoms with Gasteiger partial charge in [0.25, 0.3) is 5.91 Å². The molecule has 0 aliphatic carbocycles. The minimum Gasteiger partial charge on any atom is -0.495 e. The number of hydrogen-bond donors (Lipinski definition) is 2. The van der Waals surface area contributed by atoms with Gasteiger partial charge < -0.3 is 15.2 Å². The Morgan fingerprint density at radius 1 is 1.37 bits per heavy atom. The molecule has 0 aromatic carbocycles. The van der Waals surface area contributed by atoms with Gasteiger partial charge in [-0.1, -0.05) is 6.42 Å². The molecule has 1 aromatic heterocycles. The zero-order valence-corrected chi connectivity index (χ0v) is 12.0. The van der Waals surface area contributed by atoms with Crippen LogP contribution >= 0.6 is 11.3 Å². The number of carbonyl (C=O) groups is 2. The Hall–Kier alpha value is -1.56. The molecular weight excluding hydrogens is 266 g/mol. The van der Waals surface area contributed by atoms with Crippen LogP contribution in [0.3, 0.4) is 0 Å². The van der Waals surface area contributed by atoms with E-state index in [1.165, 1.54) is 11.3 Å². The summed E-state index contributed by atoms with van der Waals surface area (Å²) in [4.78, 5) is 23.8. The number of carboxylic acids is 1. The van der Waals surface area contributed by atoms with Crippen molar-refractivity contribution in [3.8, 4) is 5.75 Å². The smallest absolute Gasteiger partial charge is 0.303 e. The summed E-state index contributed by atoms with van der Waals surface area (Å²) in [5.41, 5.74) is 0. The average Bonchev–Trinajstić information content (AvgIpc) is 2.74. The molecule has 1 amide bonds. The molecule has 0 atom stereocenters. The number of rotatable bonds is 8. The fraction of sp³-hybridized carbons (Fsp3) is 0.538. The van der Waals surface area contributed by atoms with E-state index in [0.717, 1.165) is 17.7 Å². The molecule has 0 saturated carbocycles. The van der Waals surface area contributed by atoms with Gasteiger partial charge in [0.05, 0.1) is 7.11 Å². The van der Waals surface area contributed by atoms with Crippen molar-refractivity contribution in [1.82, 2.24) is 5.32 Å². The lowest BCUT2D eigenvalue weighted by Gasteiger charge is -2.05. The van der Waals surface area contributed by atoms with E-state index in [1.807, 2.05) is 13.0 Å². The second kappa shape index (κ2) is 7.78. The Kier molecular flexibility index (Phi) is 6.35. The number of carboxylic acid groups (broad SMARTS) is 1. The van der Waals surface area contributed by atoms with Crippen LogP contribution in [0.5, 0.6) is 5.75 Å². The molecule has 0 saturated heterocycles. The van der Waals surface area contributed by atoms with Crippen LogP contribution in [0, 0.1) is 6.92 Å². The summed E-state index contributed by atoms with van der Waals surface area (Å²) in [5.74, 6) is -0.304. The second-order valence-electron chi connectivity index (χ2n) is 4.21. The molecule has 19 heavy (non-hydrogen) atoms. The fourth-order valence-corrected chi connectivity index (χ4v) is 2.56. The van der Waals surface area contributed by atoms with Crippen LogP contribution in [-0.4, -0.2) is 30.6 Å². The Balaban J connectivity index is 2.29. The summed E-state index contributed by atoms with van der Waals surface area (Å²) in [5, 5.41) is 11.3. The Labute approximate surface area is 116 Å². The highest BCUT2D eigenvalue weighted by Crippen LogP contribution is 2.28. The summed E-state index contributed by atoms with van der Waals surface area (Å²) in [6.45, 7) is 2.48. The molecule has 0 bridgehead atoms. The number of methoxy groups -OCH3 is 1. The first-order valence-electron chi connectivity index (χ1n) is 6.19. The minimum absolute atomic E-state index is 0.131. The number of hydrogen-bond acceptors (Lipinski definition) is 4. The topological polar surface area (TPSA) is 75.6 Å². The van der Waals surface area contributed by atoms with E-state index >= 15 is 0 Å². The molecule has 1 heterocycles. The van der Waals surface area contributed by atoms with Crippen LogP contribution in [-0.2, 0) is 4.79 Å². The van der Waals surface area contributed by atoms with Crippen LogP contribution in [0.4, 0.5) is 0 Å². The molecule has 0 unspecified atom stereocenters. The summed E-state index contributed by atoms with van der Waals surface area (Å²) in [7, 11) is 1.55. The van der Waals surface area contributed by atoms with Crippen LogP contribution in [0.25, 0.3) is 0 Å². The van der Waals surface area contributed by atoms with Gasteiger partial charge in [-0.2, -0.15) is 0 Å². The lowest BCUT2D eigenvalue weighted by Crippen LogP contribution is -2.23. The molecule has 2 N–H and O–H groups in total. The van der Waals surface area contributed by atoms with Crippen LogP contribution in [0.2, 0.25) is 0 Å². The molecule has 1 aromatic rings. The molecule has 0 aliphatic rings.